The number of hydrogen-bond donors (Lipinski definition) is 1. The fourth-order valence-corrected chi connectivity index (χ4v) is 8.03. The average molecular weight is 464 g/mol. The van der Waals surface area contributed by atoms with E-state index in [9.17, 15) is 9.90 Å². The molecule has 6 heteroatoms. The van der Waals surface area contributed by atoms with Crippen LogP contribution < -0.4 is 0 Å². The van der Waals surface area contributed by atoms with Gasteiger partial charge in [-0.2, -0.15) is 5.10 Å². The summed E-state index contributed by atoms with van der Waals surface area (Å²) in [6.45, 7) is 5.25. The van der Waals surface area contributed by atoms with E-state index in [1.54, 1.807) is 0 Å². The van der Waals surface area contributed by atoms with Crippen molar-refractivity contribution in [3.8, 4) is 5.75 Å². The summed E-state index contributed by atoms with van der Waals surface area (Å²) < 4.78 is 7.42. The number of ether oxygens (including phenoxy) is 1. The Kier molecular flexibility index (Phi) is 5.47. The van der Waals surface area contributed by atoms with Crippen LogP contribution in [0.25, 0.3) is 0 Å². The van der Waals surface area contributed by atoms with Crippen LogP contribution in [0.3, 0.4) is 0 Å². The zero-order valence-corrected chi connectivity index (χ0v) is 20.5. The molecule has 3 aliphatic carbocycles. The molecule has 1 saturated carbocycles. The molecule has 4 aliphatic rings. The molecule has 0 spiro atoms. The van der Waals surface area contributed by atoms with Crippen molar-refractivity contribution < 1.29 is 14.6 Å². The minimum absolute atomic E-state index is 0.116. The zero-order valence-electron chi connectivity index (χ0n) is 20.5. The Morgan fingerprint density at radius 1 is 1.24 bits per heavy atom. The molecule has 6 nitrogen and oxygen atoms in total. The molecule has 6 rings (SSSR count). The molecule has 0 radical (unpaired) electrons. The molecule has 1 saturated heterocycles. The van der Waals surface area contributed by atoms with Crippen LogP contribution in [0, 0.1) is 11.8 Å². The molecule has 34 heavy (non-hydrogen) atoms. The Morgan fingerprint density at radius 3 is 2.88 bits per heavy atom. The number of rotatable bonds is 4. The van der Waals surface area contributed by atoms with E-state index in [2.05, 4.69) is 19.2 Å². The van der Waals surface area contributed by atoms with Gasteiger partial charge in [0.2, 0.25) is 5.91 Å². The molecular weight excluding hydrogens is 426 g/mol. The normalized spacial score (nSPS) is 32.0. The first-order valence-corrected chi connectivity index (χ1v) is 13.2. The highest BCUT2D eigenvalue weighted by molar-refractivity contribution is 5.76. The van der Waals surface area contributed by atoms with E-state index in [1.807, 2.05) is 28.8 Å². The van der Waals surface area contributed by atoms with Gasteiger partial charge in [-0.05, 0) is 91.0 Å². The van der Waals surface area contributed by atoms with Crippen LogP contribution in [-0.4, -0.2) is 52.0 Å². The van der Waals surface area contributed by atoms with E-state index in [-0.39, 0.29) is 11.3 Å². The molecule has 182 valence electrons. The van der Waals surface area contributed by atoms with Crippen LogP contribution in [0.1, 0.15) is 79.7 Å². The summed E-state index contributed by atoms with van der Waals surface area (Å²) in [7, 11) is 2.05. The van der Waals surface area contributed by atoms with Gasteiger partial charge in [0.25, 0.3) is 0 Å². The Labute approximate surface area is 202 Å². The van der Waals surface area contributed by atoms with Gasteiger partial charge in [0.15, 0.2) is 0 Å². The summed E-state index contributed by atoms with van der Waals surface area (Å²) in [5.41, 5.74) is 5.67. The molecule has 1 aromatic carbocycles. The molecule has 0 bridgehead atoms. The Morgan fingerprint density at radius 2 is 2.06 bits per heavy atom. The second-order valence-corrected chi connectivity index (χ2v) is 11.3. The summed E-state index contributed by atoms with van der Waals surface area (Å²) in [6, 6.07) is 6.04. The fraction of sp³-hybridized carbons (Fsp3) is 0.643. The Balaban J connectivity index is 1.26. The highest BCUT2D eigenvalue weighted by Gasteiger charge is 2.58. The number of phenolic OH excluding ortho intramolecular Hbond substituents is 1. The number of hydrogen-bond acceptors (Lipinski definition) is 4. The number of nitrogens with zero attached hydrogens (tertiary/aromatic N) is 3. The van der Waals surface area contributed by atoms with Gasteiger partial charge in [0.1, 0.15) is 5.75 Å². The van der Waals surface area contributed by atoms with Crippen molar-refractivity contribution in [2.45, 2.75) is 69.1 Å². The van der Waals surface area contributed by atoms with Crippen molar-refractivity contribution in [2.75, 3.05) is 26.3 Å². The number of carbonyl (C=O) groups excluding carboxylic acids is 1. The lowest BCUT2D eigenvalue weighted by atomic mass is 9.53. The monoisotopic (exact) mass is 463 g/mol. The maximum Gasteiger partial charge on any atom is 0.222 e. The summed E-state index contributed by atoms with van der Waals surface area (Å²) in [4.78, 5) is 14.8. The van der Waals surface area contributed by atoms with Crippen LogP contribution >= 0.6 is 0 Å². The number of benzene rings is 1. The van der Waals surface area contributed by atoms with Crippen molar-refractivity contribution >= 4 is 5.91 Å². The van der Waals surface area contributed by atoms with Crippen LogP contribution in [0.15, 0.2) is 24.4 Å². The second kappa shape index (κ2) is 8.40. The third-order valence-corrected chi connectivity index (χ3v) is 9.46. The minimum atomic E-state index is 0.116. The molecule has 1 N–H and O–H groups in total. The molecule has 1 amide bonds. The first-order valence-electron chi connectivity index (χ1n) is 13.2. The van der Waals surface area contributed by atoms with Crippen LogP contribution in [-0.2, 0) is 28.4 Å². The number of fused-ring (bicyclic) bond motifs is 7. The second-order valence-electron chi connectivity index (χ2n) is 11.3. The Hall–Kier alpha value is -2.34. The molecule has 1 aliphatic heterocycles. The number of aromatic hydroxyl groups is 1. The summed E-state index contributed by atoms with van der Waals surface area (Å²) >= 11 is 0. The molecule has 1 aromatic heterocycles. The van der Waals surface area contributed by atoms with Gasteiger partial charge in [-0.1, -0.05) is 13.0 Å². The van der Waals surface area contributed by atoms with E-state index < -0.39 is 0 Å². The topological polar surface area (TPSA) is 67.6 Å². The van der Waals surface area contributed by atoms with E-state index in [4.69, 9.17) is 9.84 Å². The standard InChI is InChI=1S/C28H37N3O3/c1-28-11-10-21-20-9-7-19(32)16-18(20)6-8-23(21)26(28)22(24-17-30(2)29-27(24)28)4-3-5-25(33)31-12-14-34-15-13-31/h7,9,16-17,21-23,26,32H,3-6,8,10-15H2,1-2H3/t21-,22-,23-,26+,28+/m1/s1. The fourth-order valence-electron chi connectivity index (χ4n) is 8.03. The van der Waals surface area contributed by atoms with Gasteiger partial charge >= 0.3 is 0 Å². The maximum absolute atomic E-state index is 12.8. The number of amides is 1. The molecule has 0 unspecified atom stereocenters. The maximum atomic E-state index is 12.8. The predicted octanol–water partition coefficient (Wildman–Crippen LogP) is 4.27. The van der Waals surface area contributed by atoms with Gasteiger partial charge in [-0.3, -0.25) is 9.48 Å². The quantitative estimate of drug-likeness (QED) is 0.736. The molecule has 2 heterocycles. The van der Waals surface area contributed by atoms with Crippen LogP contribution in [0.5, 0.6) is 5.75 Å². The van der Waals surface area contributed by atoms with Crippen molar-refractivity contribution in [1.82, 2.24) is 14.7 Å². The third kappa shape index (κ3) is 3.48. The van der Waals surface area contributed by atoms with E-state index in [0.29, 0.717) is 49.1 Å². The number of phenols is 1. The first-order chi connectivity index (χ1) is 16.5. The molecule has 2 fully saturated rings. The lowest BCUT2D eigenvalue weighted by Gasteiger charge is -2.50. The first kappa shape index (κ1) is 22.1. The van der Waals surface area contributed by atoms with E-state index in [1.165, 1.54) is 35.2 Å². The lowest BCUT2D eigenvalue weighted by Crippen LogP contribution is -2.44. The number of carbonyl (C=O) groups is 1. The van der Waals surface area contributed by atoms with Crippen molar-refractivity contribution in [3.05, 3.63) is 46.8 Å². The number of morpholine rings is 1. The molecular formula is C28H37N3O3. The molecule has 2 aromatic rings. The number of aryl methyl sites for hydroxylation is 2. The van der Waals surface area contributed by atoms with E-state index in [0.717, 1.165) is 38.8 Å². The lowest BCUT2D eigenvalue weighted by molar-refractivity contribution is -0.135. The van der Waals surface area contributed by atoms with Gasteiger partial charge in [-0.25, -0.2) is 0 Å². The summed E-state index contributed by atoms with van der Waals surface area (Å²) in [5, 5.41) is 15.0. The van der Waals surface area contributed by atoms with Crippen molar-refractivity contribution in [1.29, 1.82) is 0 Å². The molecule has 5 atom stereocenters. The van der Waals surface area contributed by atoms with Gasteiger partial charge in [-0.15, -0.1) is 0 Å². The van der Waals surface area contributed by atoms with Gasteiger partial charge < -0.3 is 14.7 Å². The van der Waals surface area contributed by atoms with Gasteiger partial charge in [0, 0.05) is 38.2 Å². The van der Waals surface area contributed by atoms with Crippen LogP contribution in [0.4, 0.5) is 0 Å². The van der Waals surface area contributed by atoms with Crippen molar-refractivity contribution in [2.24, 2.45) is 18.9 Å². The predicted molar refractivity (Wildman–Crippen MR) is 130 cm³/mol. The highest BCUT2D eigenvalue weighted by atomic mass is 16.5. The Bertz CT molecular complexity index is 1090. The smallest absolute Gasteiger partial charge is 0.222 e. The summed E-state index contributed by atoms with van der Waals surface area (Å²) in [6.07, 6.45) is 9.46. The van der Waals surface area contributed by atoms with E-state index >= 15 is 0 Å². The third-order valence-electron chi connectivity index (χ3n) is 9.46. The van der Waals surface area contributed by atoms with Gasteiger partial charge in [0.05, 0.1) is 18.9 Å². The van der Waals surface area contributed by atoms with Crippen LogP contribution in [0.2, 0.25) is 0 Å². The largest absolute Gasteiger partial charge is 0.508 e. The SMILES string of the molecule is Cn1cc2c(n1)[C@@]1(C)CC[C@@H]3c4ccc(O)cc4CC[C@H]3[C@@H]1[C@@H]2CCCC(=O)N1CCOCC1. The highest BCUT2D eigenvalue weighted by Crippen LogP contribution is 2.64. The summed E-state index contributed by atoms with van der Waals surface area (Å²) in [5.74, 6) is 2.91. The average Bonchev–Trinajstić information content (AvgIpc) is 3.33. The van der Waals surface area contributed by atoms with Crippen molar-refractivity contribution in [3.63, 3.8) is 0 Å². The number of aromatic nitrogens is 2. The minimum Gasteiger partial charge on any atom is -0.508 e. The zero-order chi connectivity index (χ0) is 23.4.